The van der Waals surface area contributed by atoms with E-state index in [2.05, 4.69) is 5.32 Å². The number of carbonyl (C=O) groups excluding carboxylic acids is 1. The van der Waals surface area contributed by atoms with Gasteiger partial charge < -0.3 is 5.32 Å². The van der Waals surface area contributed by atoms with Gasteiger partial charge in [0.25, 0.3) is 0 Å². The molecule has 0 radical (unpaired) electrons. The SMILES string of the molecule is O=C(CSC1CCCCC1)Nc1cccc(Cl)c1. The minimum Gasteiger partial charge on any atom is -0.325 e. The van der Waals surface area contributed by atoms with Gasteiger partial charge >= 0.3 is 0 Å². The van der Waals surface area contributed by atoms with Gasteiger partial charge in [-0.05, 0) is 31.0 Å². The third-order valence-corrected chi connectivity index (χ3v) is 4.72. The van der Waals surface area contributed by atoms with E-state index in [4.69, 9.17) is 11.6 Å². The summed E-state index contributed by atoms with van der Waals surface area (Å²) in [7, 11) is 0. The number of carbonyl (C=O) groups is 1. The Morgan fingerprint density at radius 2 is 2.11 bits per heavy atom. The topological polar surface area (TPSA) is 29.1 Å². The normalized spacial score (nSPS) is 16.5. The minimum atomic E-state index is 0.0628. The smallest absolute Gasteiger partial charge is 0.234 e. The van der Waals surface area contributed by atoms with Gasteiger partial charge in [0.15, 0.2) is 0 Å². The van der Waals surface area contributed by atoms with Gasteiger partial charge in [0.1, 0.15) is 0 Å². The quantitative estimate of drug-likeness (QED) is 0.890. The Morgan fingerprint density at radius 3 is 2.83 bits per heavy atom. The third kappa shape index (κ3) is 4.54. The number of anilines is 1. The van der Waals surface area contributed by atoms with Gasteiger partial charge in [-0.1, -0.05) is 36.9 Å². The molecule has 1 N–H and O–H groups in total. The maximum absolute atomic E-state index is 11.8. The van der Waals surface area contributed by atoms with Crippen molar-refractivity contribution in [1.82, 2.24) is 0 Å². The highest BCUT2D eigenvalue weighted by atomic mass is 35.5. The highest BCUT2D eigenvalue weighted by Gasteiger charge is 2.15. The molecule has 0 aliphatic heterocycles. The van der Waals surface area contributed by atoms with Crippen molar-refractivity contribution in [1.29, 1.82) is 0 Å². The molecule has 0 bridgehead atoms. The Morgan fingerprint density at radius 1 is 1.33 bits per heavy atom. The number of thioether (sulfide) groups is 1. The predicted octanol–water partition coefficient (Wildman–Crippen LogP) is 4.34. The van der Waals surface area contributed by atoms with Gasteiger partial charge in [-0.15, -0.1) is 11.8 Å². The molecule has 0 aromatic heterocycles. The Labute approximate surface area is 117 Å². The summed E-state index contributed by atoms with van der Waals surface area (Å²) in [4.78, 5) is 11.8. The Bertz CT molecular complexity index is 405. The molecule has 2 nitrogen and oxygen atoms in total. The molecule has 4 heteroatoms. The van der Waals surface area contributed by atoms with Crippen LogP contribution in [0.2, 0.25) is 5.02 Å². The van der Waals surface area contributed by atoms with Crippen molar-refractivity contribution in [2.45, 2.75) is 37.4 Å². The van der Waals surface area contributed by atoms with Crippen LogP contribution in [0.4, 0.5) is 5.69 Å². The van der Waals surface area contributed by atoms with E-state index in [1.807, 2.05) is 12.1 Å². The van der Waals surface area contributed by atoms with Crippen molar-refractivity contribution in [3.05, 3.63) is 29.3 Å². The molecule has 18 heavy (non-hydrogen) atoms. The van der Waals surface area contributed by atoms with Crippen LogP contribution in [0.5, 0.6) is 0 Å². The summed E-state index contributed by atoms with van der Waals surface area (Å²) in [5.74, 6) is 0.602. The van der Waals surface area contributed by atoms with Crippen molar-refractivity contribution < 1.29 is 4.79 Å². The number of amides is 1. The van der Waals surface area contributed by atoms with Crippen molar-refractivity contribution >= 4 is 35.0 Å². The first-order valence-corrected chi connectivity index (χ1v) is 7.84. The molecule has 1 aliphatic rings. The van der Waals surface area contributed by atoms with Crippen LogP contribution in [-0.2, 0) is 4.79 Å². The fourth-order valence-electron chi connectivity index (χ4n) is 2.19. The molecule has 0 unspecified atom stereocenters. The Hall–Kier alpha value is -0.670. The summed E-state index contributed by atoms with van der Waals surface area (Å²) in [6.07, 6.45) is 6.50. The summed E-state index contributed by atoms with van der Waals surface area (Å²) in [5.41, 5.74) is 0.775. The average Bonchev–Trinajstić information content (AvgIpc) is 2.38. The fraction of sp³-hybridized carbons (Fsp3) is 0.500. The van der Waals surface area contributed by atoms with Gasteiger partial charge in [-0.3, -0.25) is 4.79 Å². The zero-order valence-electron chi connectivity index (χ0n) is 10.3. The summed E-state index contributed by atoms with van der Waals surface area (Å²) in [6, 6.07) is 7.26. The molecule has 98 valence electrons. The highest BCUT2D eigenvalue weighted by molar-refractivity contribution is 8.00. The van der Waals surface area contributed by atoms with E-state index in [9.17, 15) is 4.79 Å². The maximum Gasteiger partial charge on any atom is 0.234 e. The first kappa shape index (κ1) is 13.8. The Balaban J connectivity index is 1.74. The zero-order valence-corrected chi connectivity index (χ0v) is 11.9. The van der Waals surface area contributed by atoms with Crippen LogP contribution in [0, 0.1) is 0 Å². The lowest BCUT2D eigenvalue weighted by atomic mass is 10.0. The molecule has 1 aliphatic carbocycles. The average molecular weight is 284 g/mol. The maximum atomic E-state index is 11.8. The Kier molecular flexibility index (Phi) is 5.39. The minimum absolute atomic E-state index is 0.0628. The molecular weight excluding hydrogens is 266 g/mol. The lowest BCUT2D eigenvalue weighted by Crippen LogP contribution is -2.17. The number of hydrogen-bond acceptors (Lipinski definition) is 2. The van der Waals surface area contributed by atoms with Crippen LogP contribution in [0.1, 0.15) is 32.1 Å². The van der Waals surface area contributed by atoms with Crippen LogP contribution in [0.25, 0.3) is 0 Å². The van der Waals surface area contributed by atoms with E-state index in [1.165, 1.54) is 32.1 Å². The standard InChI is InChI=1S/C14H18ClNOS/c15-11-5-4-6-12(9-11)16-14(17)10-18-13-7-2-1-3-8-13/h4-6,9,13H,1-3,7-8,10H2,(H,16,17). The second-order valence-corrected chi connectivity index (χ2v) is 6.35. The lowest BCUT2D eigenvalue weighted by molar-refractivity contribution is -0.113. The molecule has 0 spiro atoms. The lowest BCUT2D eigenvalue weighted by Gasteiger charge is -2.20. The number of halogens is 1. The molecule has 1 saturated carbocycles. The molecule has 1 aromatic rings. The highest BCUT2D eigenvalue weighted by Crippen LogP contribution is 2.28. The number of benzene rings is 1. The van der Waals surface area contributed by atoms with Gasteiger partial charge in [0.05, 0.1) is 5.75 Å². The van der Waals surface area contributed by atoms with Crippen LogP contribution >= 0.6 is 23.4 Å². The van der Waals surface area contributed by atoms with Gasteiger partial charge in [0, 0.05) is 16.0 Å². The summed E-state index contributed by atoms with van der Waals surface area (Å²) >= 11 is 7.65. The van der Waals surface area contributed by atoms with Crippen LogP contribution in [0.3, 0.4) is 0 Å². The van der Waals surface area contributed by atoms with Gasteiger partial charge in [0.2, 0.25) is 5.91 Å². The van der Waals surface area contributed by atoms with E-state index in [0.717, 1.165) is 5.69 Å². The van der Waals surface area contributed by atoms with Gasteiger partial charge in [-0.2, -0.15) is 0 Å². The first-order chi connectivity index (χ1) is 8.74. The van der Waals surface area contributed by atoms with Crippen LogP contribution in [0.15, 0.2) is 24.3 Å². The molecule has 0 saturated heterocycles. The second kappa shape index (κ2) is 7.05. The molecule has 1 aromatic carbocycles. The second-order valence-electron chi connectivity index (χ2n) is 4.63. The predicted molar refractivity (Wildman–Crippen MR) is 79.4 cm³/mol. The molecule has 2 rings (SSSR count). The van der Waals surface area contributed by atoms with E-state index >= 15 is 0 Å². The number of nitrogens with one attached hydrogen (secondary N) is 1. The summed E-state index contributed by atoms with van der Waals surface area (Å²) < 4.78 is 0. The molecular formula is C14H18ClNOS. The van der Waals surface area contributed by atoms with E-state index < -0.39 is 0 Å². The zero-order chi connectivity index (χ0) is 12.8. The van der Waals surface area contributed by atoms with Crippen molar-refractivity contribution in [2.24, 2.45) is 0 Å². The number of rotatable bonds is 4. The van der Waals surface area contributed by atoms with E-state index in [0.29, 0.717) is 16.0 Å². The third-order valence-electron chi connectivity index (χ3n) is 3.11. The van der Waals surface area contributed by atoms with Crippen LogP contribution in [-0.4, -0.2) is 16.9 Å². The van der Waals surface area contributed by atoms with E-state index in [1.54, 1.807) is 23.9 Å². The summed E-state index contributed by atoms with van der Waals surface area (Å²) in [5, 5.41) is 4.19. The number of hydrogen-bond donors (Lipinski definition) is 1. The molecule has 0 heterocycles. The summed E-state index contributed by atoms with van der Waals surface area (Å²) in [6.45, 7) is 0. The fourth-order valence-corrected chi connectivity index (χ4v) is 3.50. The van der Waals surface area contributed by atoms with Gasteiger partial charge in [-0.25, -0.2) is 0 Å². The van der Waals surface area contributed by atoms with Crippen LogP contribution < -0.4 is 5.32 Å². The van der Waals surface area contributed by atoms with Crippen molar-refractivity contribution in [3.8, 4) is 0 Å². The van der Waals surface area contributed by atoms with E-state index in [-0.39, 0.29) is 5.91 Å². The first-order valence-electron chi connectivity index (χ1n) is 6.41. The van der Waals surface area contributed by atoms with Crippen molar-refractivity contribution in [3.63, 3.8) is 0 Å². The molecule has 1 amide bonds. The molecule has 1 fully saturated rings. The monoisotopic (exact) mass is 283 g/mol. The molecule has 0 atom stereocenters. The largest absolute Gasteiger partial charge is 0.325 e. The van der Waals surface area contributed by atoms with Crippen molar-refractivity contribution in [2.75, 3.05) is 11.1 Å².